The van der Waals surface area contributed by atoms with Crippen LogP contribution in [0.4, 0.5) is 22.1 Å². The molecule has 2 fully saturated rings. The van der Waals surface area contributed by atoms with Gasteiger partial charge in [-0.05, 0) is 77.8 Å². The van der Waals surface area contributed by atoms with Crippen molar-refractivity contribution in [2.75, 3.05) is 37.6 Å². The Morgan fingerprint density at radius 1 is 1.25 bits per heavy atom. The number of fused-ring (bicyclic) bond motifs is 1. The minimum absolute atomic E-state index is 0.0545. The molecule has 0 spiro atoms. The van der Waals surface area contributed by atoms with Gasteiger partial charge in [-0.15, -0.1) is 0 Å². The van der Waals surface area contributed by atoms with Crippen molar-refractivity contribution in [1.29, 1.82) is 0 Å². The number of nitrogens with zero attached hydrogens (tertiary/aromatic N) is 5. The first kappa shape index (κ1) is 31.6. The number of hydrogen-bond donors (Lipinski definition) is 1. The minimum Gasteiger partial charge on any atom is -0.443 e. The summed E-state index contributed by atoms with van der Waals surface area (Å²) in [6.07, 6.45) is 8.45. The molecule has 4 heterocycles. The first-order chi connectivity index (χ1) is 20.9. The van der Waals surface area contributed by atoms with Gasteiger partial charge in [-0.2, -0.15) is 9.61 Å². The van der Waals surface area contributed by atoms with Crippen LogP contribution in [0, 0.1) is 5.92 Å². The van der Waals surface area contributed by atoms with E-state index in [-0.39, 0.29) is 40.4 Å². The molecule has 44 heavy (non-hydrogen) atoms. The van der Waals surface area contributed by atoms with Gasteiger partial charge in [-0.3, -0.25) is 14.5 Å². The van der Waals surface area contributed by atoms with Crippen LogP contribution in [0.3, 0.4) is 0 Å². The van der Waals surface area contributed by atoms with E-state index < -0.39 is 11.7 Å². The van der Waals surface area contributed by atoms with Crippen molar-refractivity contribution in [1.82, 2.24) is 19.2 Å². The van der Waals surface area contributed by atoms with Crippen molar-refractivity contribution in [2.24, 2.45) is 5.92 Å². The fourth-order valence-corrected chi connectivity index (χ4v) is 6.16. The molecule has 1 amide bonds. The molecule has 1 N–H and O–H groups in total. The van der Waals surface area contributed by atoms with Crippen LogP contribution in [-0.4, -0.2) is 69.6 Å². The average molecular weight is 609 g/mol. The van der Waals surface area contributed by atoms with Crippen LogP contribution in [0.15, 0.2) is 35.4 Å². The maximum Gasteiger partial charge on any atom is 0.415 e. The lowest BCUT2D eigenvalue weighted by molar-refractivity contribution is -0.0395. The van der Waals surface area contributed by atoms with Gasteiger partial charge in [0.2, 0.25) is 0 Å². The molecule has 12 heteroatoms. The van der Waals surface area contributed by atoms with E-state index in [0.29, 0.717) is 36.7 Å². The highest BCUT2D eigenvalue weighted by Crippen LogP contribution is 2.37. The number of rotatable bonds is 8. The number of carbonyl (C=O) groups is 2. The number of amides is 1. The lowest BCUT2D eigenvalue weighted by atomic mass is 9.76. The number of Topliss-reactive ketones (excluding diaryl/α,β-unsaturated/α-hetero) is 1. The zero-order chi connectivity index (χ0) is 31.6. The standard InChI is InChI=1S/C32H44N6O6/c1-31(2,3)44-30(41)36(5)27-17-26(34-24-12-8-14-37(29(24)40)22-11-9-15-43-20-22)35-28-23(19-33-38(27)28)25(39)16-21-10-7-13-32(4,18-21)42-6/h8,12,14,17,19,21-22H,7,9-11,13,15-16,18,20H2,1-6H3,(H,34,35)/t21?,22-,32+/m0/s1. The first-order valence-electron chi connectivity index (χ1n) is 15.4. The summed E-state index contributed by atoms with van der Waals surface area (Å²) in [5, 5.41) is 7.62. The third-order valence-corrected chi connectivity index (χ3v) is 8.54. The number of pyridine rings is 1. The molecule has 5 rings (SSSR count). The summed E-state index contributed by atoms with van der Waals surface area (Å²) in [7, 11) is 3.29. The number of nitrogens with one attached hydrogen (secondary N) is 1. The van der Waals surface area contributed by atoms with Gasteiger partial charge in [0.05, 0.1) is 30.0 Å². The molecule has 1 unspecified atom stereocenters. The summed E-state index contributed by atoms with van der Waals surface area (Å²) in [4.78, 5) is 46.4. The molecule has 0 bridgehead atoms. The number of methoxy groups -OCH3 is 1. The molecule has 3 atom stereocenters. The van der Waals surface area contributed by atoms with E-state index in [2.05, 4.69) is 17.3 Å². The highest BCUT2D eigenvalue weighted by Gasteiger charge is 2.34. The first-order valence-corrected chi connectivity index (χ1v) is 15.4. The van der Waals surface area contributed by atoms with Gasteiger partial charge >= 0.3 is 6.09 Å². The van der Waals surface area contributed by atoms with E-state index in [4.69, 9.17) is 19.2 Å². The van der Waals surface area contributed by atoms with Crippen molar-refractivity contribution >= 4 is 34.8 Å². The van der Waals surface area contributed by atoms with Crippen molar-refractivity contribution in [3.63, 3.8) is 0 Å². The van der Waals surface area contributed by atoms with Gasteiger partial charge in [-0.1, -0.05) is 6.42 Å². The fraction of sp³-hybridized carbons (Fsp3) is 0.594. The van der Waals surface area contributed by atoms with Crippen LogP contribution in [0.25, 0.3) is 5.65 Å². The monoisotopic (exact) mass is 608 g/mol. The molecule has 0 aromatic carbocycles. The maximum absolute atomic E-state index is 13.7. The number of carbonyl (C=O) groups excluding carboxylic acids is 2. The normalized spacial score (nSPS) is 22.5. The highest BCUT2D eigenvalue weighted by atomic mass is 16.6. The van der Waals surface area contributed by atoms with Crippen LogP contribution < -0.4 is 15.8 Å². The summed E-state index contributed by atoms with van der Waals surface area (Å²) >= 11 is 0. The molecule has 3 aromatic heterocycles. The van der Waals surface area contributed by atoms with Crippen molar-refractivity contribution in [3.05, 3.63) is 46.5 Å². The van der Waals surface area contributed by atoms with Crippen molar-refractivity contribution < 1.29 is 23.8 Å². The fourth-order valence-electron chi connectivity index (χ4n) is 6.16. The second-order valence-corrected chi connectivity index (χ2v) is 13.2. The van der Waals surface area contributed by atoms with Crippen LogP contribution in [0.2, 0.25) is 0 Å². The van der Waals surface area contributed by atoms with Crippen molar-refractivity contribution in [3.8, 4) is 0 Å². The van der Waals surface area contributed by atoms with E-state index in [1.54, 1.807) is 63.9 Å². The Labute approximate surface area is 257 Å². The molecule has 2 aliphatic rings. The molecule has 3 aromatic rings. The summed E-state index contributed by atoms with van der Waals surface area (Å²) in [5.74, 6) is 0.706. The third kappa shape index (κ3) is 6.96. The molecule has 1 aliphatic heterocycles. The number of ketones is 1. The molecular weight excluding hydrogens is 564 g/mol. The van der Waals surface area contributed by atoms with Crippen LogP contribution in [0.1, 0.15) is 89.0 Å². The average Bonchev–Trinajstić information content (AvgIpc) is 3.41. The number of ether oxygens (including phenoxy) is 3. The summed E-state index contributed by atoms with van der Waals surface area (Å²) in [6.45, 7) is 8.63. The lowest BCUT2D eigenvalue weighted by Crippen LogP contribution is -2.35. The Balaban J connectivity index is 1.51. The smallest absolute Gasteiger partial charge is 0.415 e. The van der Waals surface area contributed by atoms with Crippen LogP contribution in [-0.2, 0) is 14.2 Å². The predicted molar refractivity (Wildman–Crippen MR) is 167 cm³/mol. The highest BCUT2D eigenvalue weighted by molar-refractivity contribution is 6.02. The van der Waals surface area contributed by atoms with Gasteiger partial charge < -0.3 is 24.1 Å². The Morgan fingerprint density at radius 3 is 2.75 bits per heavy atom. The Morgan fingerprint density at radius 2 is 2.05 bits per heavy atom. The topological polar surface area (TPSA) is 129 Å². The van der Waals surface area contributed by atoms with Crippen LogP contribution >= 0.6 is 0 Å². The summed E-state index contributed by atoms with van der Waals surface area (Å²) in [5.41, 5.74) is -0.229. The Bertz CT molecular complexity index is 1570. The largest absolute Gasteiger partial charge is 0.443 e. The van der Waals surface area contributed by atoms with Crippen molar-refractivity contribution in [2.45, 2.75) is 89.9 Å². The zero-order valence-corrected chi connectivity index (χ0v) is 26.6. The van der Waals surface area contributed by atoms with E-state index in [9.17, 15) is 14.4 Å². The minimum atomic E-state index is -0.724. The molecule has 0 radical (unpaired) electrons. The second-order valence-electron chi connectivity index (χ2n) is 13.2. The zero-order valence-electron chi connectivity index (χ0n) is 26.6. The van der Waals surface area contributed by atoms with Gasteiger partial charge in [0, 0.05) is 39.4 Å². The van der Waals surface area contributed by atoms with E-state index in [1.165, 1.54) is 15.6 Å². The van der Waals surface area contributed by atoms with E-state index in [1.807, 2.05) is 0 Å². The number of aromatic nitrogens is 4. The molecule has 1 saturated heterocycles. The predicted octanol–water partition coefficient (Wildman–Crippen LogP) is 5.53. The SMILES string of the molecule is CO[C@]1(C)CCCC(CC(=O)c2cnn3c(N(C)C(=O)OC(C)(C)C)cc(Nc4cccn([C@H]5CCCOC5)c4=O)nc23)C1. The maximum atomic E-state index is 13.7. The quantitative estimate of drug-likeness (QED) is 0.328. The Hall–Kier alpha value is -3.77. The third-order valence-electron chi connectivity index (χ3n) is 8.54. The van der Waals surface area contributed by atoms with Gasteiger partial charge in [-0.25, -0.2) is 9.78 Å². The van der Waals surface area contributed by atoms with Gasteiger partial charge in [0.1, 0.15) is 22.9 Å². The second kappa shape index (κ2) is 12.7. The lowest BCUT2D eigenvalue weighted by Gasteiger charge is -2.36. The molecule has 12 nitrogen and oxygen atoms in total. The van der Waals surface area contributed by atoms with Gasteiger partial charge in [0.25, 0.3) is 5.56 Å². The molecular formula is C32H44N6O6. The molecule has 1 aliphatic carbocycles. The summed E-state index contributed by atoms with van der Waals surface area (Å²) < 4.78 is 20.1. The molecule has 1 saturated carbocycles. The number of anilines is 3. The van der Waals surface area contributed by atoms with E-state index in [0.717, 1.165) is 38.5 Å². The van der Waals surface area contributed by atoms with Crippen LogP contribution in [0.5, 0.6) is 0 Å². The molecule has 238 valence electrons. The van der Waals surface area contributed by atoms with Gasteiger partial charge in [0.15, 0.2) is 11.4 Å². The Kier molecular flexibility index (Phi) is 9.12. The summed E-state index contributed by atoms with van der Waals surface area (Å²) in [6, 6.07) is 5.05. The van der Waals surface area contributed by atoms with E-state index >= 15 is 0 Å². The number of hydrogen-bond acceptors (Lipinski definition) is 9.